The number of benzene rings is 2. The minimum atomic E-state index is -0.258. The van der Waals surface area contributed by atoms with Crippen molar-refractivity contribution in [3.8, 4) is 23.0 Å². The average molecular weight is 341 g/mol. The maximum atomic E-state index is 12.4. The summed E-state index contributed by atoms with van der Waals surface area (Å²) >= 11 is 0. The van der Waals surface area contributed by atoms with Crippen molar-refractivity contribution in [3.63, 3.8) is 0 Å². The highest BCUT2D eigenvalue weighted by Crippen LogP contribution is 2.42. The molecule has 0 saturated carbocycles. The maximum Gasteiger partial charge on any atom is 0.256 e. The van der Waals surface area contributed by atoms with Crippen LogP contribution in [-0.4, -0.2) is 31.8 Å². The lowest BCUT2D eigenvalue weighted by molar-refractivity contribution is -0.110. The van der Waals surface area contributed by atoms with Gasteiger partial charge in [0, 0.05) is 22.8 Å². The maximum absolute atomic E-state index is 12.4. The molecule has 2 N–H and O–H groups in total. The van der Waals surface area contributed by atoms with Crippen molar-refractivity contribution >= 4 is 23.2 Å². The van der Waals surface area contributed by atoms with Gasteiger partial charge in [-0.3, -0.25) is 4.79 Å². The number of fused-ring (bicyclic) bond motifs is 1. The van der Waals surface area contributed by atoms with Crippen molar-refractivity contribution in [2.45, 2.75) is 6.92 Å². The van der Waals surface area contributed by atoms with Crippen molar-refractivity contribution in [1.82, 2.24) is 0 Å². The number of nitrogens with one attached hydrogen (secondary N) is 1. The van der Waals surface area contributed by atoms with Gasteiger partial charge in [0.2, 0.25) is 0 Å². The molecule has 2 aromatic rings. The van der Waals surface area contributed by atoms with Crippen LogP contribution in [0, 0.1) is 0 Å². The molecule has 0 radical (unpaired) electrons. The third-order valence-corrected chi connectivity index (χ3v) is 3.94. The predicted molar refractivity (Wildman–Crippen MR) is 95.3 cm³/mol. The van der Waals surface area contributed by atoms with E-state index in [2.05, 4.69) is 5.32 Å². The highest BCUT2D eigenvalue weighted by molar-refractivity contribution is 6.35. The number of anilines is 1. The van der Waals surface area contributed by atoms with E-state index in [1.165, 1.54) is 14.2 Å². The van der Waals surface area contributed by atoms with Gasteiger partial charge in [-0.1, -0.05) is 12.1 Å². The van der Waals surface area contributed by atoms with Crippen LogP contribution in [0.25, 0.3) is 11.6 Å². The number of carbonyl (C=O) groups is 1. The van der Waals surface area contributed by atoms with Gasteiger partial charge < -0.3 is 24.6 Å². The Morgan fingerprint density at radius 3 is 2.52 bits per heavy atom. The SMILES string of the molecule is CCOc1cccc(C=C2C(=O)Nc3cc(OC)c(OC)cc32)c1O. The molecule has 0 aromatic heterocycles. The number of methoxy groups -OCH3 is 2. The zero-order valence-electron chi connectivity index (χ0n) is 14.3. The molecule has 0 spiro atoms. The second kappa shape index (κ2) is 6.76. The molecule has 0 unspecified atom stereocenters. The summed E-state index contributed by atoms with van der Waals surface area (Å²) in [5.41, 5.74) is 2.25. The van der Waals surface area contributed by atoms with Gasteiger partial charge in [-0.25, -0.2) is 0 Å². The molecule has 1 aliphatic rings. The Morgan fingerprint density at radius 1 is 1.12 bits per heavy atom. The van der Waals surface area contributed by atoms with Gasteiger partial charge in [0.15, 0.2) is 23.0 Å². The van der Waals surface area contributed by atoms with Crippen LogP contribution in [0.4, 0.5) is 5.69 Å². The standard InChI is InChI=1S/C19H19NO5/c1-4-25-15-7-5-6-11(18(15)21)8-13-12-9-16(23-2)17(24-3)10-14(12)20-19(13)22/h5-10,21H,4H2,1-3H3,(H,20,22). The monoisotopic (exact) mass is 341 g/mol. The lowest BCUT2D eigenvalue weighted by atomic mass is 10.0. The average Bonchev–Trinajstić information content (AvgIpc) is 2.91. The Bertz CT molecular complexity index is 857. The van der Waals surface area contributed by atoms with Crippen LogP contribution in [0.2, 0.25) is 0 Å². The van der Waals surface area contributed by atoms with Gasteiger partial charge in [-0.15, -0.1) is 0 Å². The van der Waals surface area contributed by atoms with Crippen LogP contribution in [0.1, 0.15) is 18.1 Å². The molecule has 6 heteroatoms. The number of aromatic hydroxyl groups is 1. The van der Waals surface area contributed by atoms with E-state index in [1.54, 1.807) is 36.4 Å². The van der Waals surface area contributed by atoms with Gasteiger partial charge >= 0.3 is 0 Å². The second-order valence-corrected chi connectivity index (χ2v) is 5.39. The summed E-state index contributed by atoms with van der Waals surface area (Å²) in [6.07, 6.45) is 1.63. The number of phenolic OH excluding ortho intramolecular Hbond substituents is 1. The quantitative estimate of drug-likeness (QED) is 0.816. The number of carbonyl (C=O) groups excluding carboxylic acids is 1. The van der Waals surface area contributed by atoms with Gasteiger partial charge in [0.1, 0.15) is 0 Å². The third-order valence-electron chi connectivity index (χ3n) is 3.94. The van der Waals surface area contributed by atoms with Gasteiger partial charge in [0.25, 0.3) is 5.91 Å². The molecule has 0 bridgehead atoms. The smallest absolute Gasteiger partial charge is 0.256 e. The first-order chi connectivity index (χ1) is 12.1. The molecule has 3 rings (SSSR count). The van der Waals surface area contributed by atoms with E-state index in [9.17, 15) is 9.90 Å². The molecule has 1 amide bonds. The molecule has 25 heavy (non-hydrogen) atoms. The second-order valence-electron chi connectivity index (χ2n) is 5.39. The number of hydrogen-bond donors (Lipinski definition) is 2. The van der Waals surface area contributed by atoms with Crippen molar-refractivity contribution < 1.29 is 24.1 Å². The Hall–Kier alpha value is -3.15. The number of para-hydroxylation sites is 1. The van der Waals surface area contributed by atoms with Crippen molar-refractivity contribution in [3.05, 3.63) is 41.5 Å². The first-order valence-corrected chi connectivity index (χ1v) is 7.83. The van der Waals surface area contributed by atoms with Crippen LogP contribution in [0.5, 0.6) is 23.0 Å². The van der Waals surface area contributed by atoms with E-state index in [4.69, 9.17) is 14.2 Å². The van der Waals surface area contributed by atoms with Crippen LogP contribution >= 0.6 is 0 Å². The zero-order chi connectivity index (χ0) is 18.0. The summed E-state index contributed by atoms with van der Waals surface area (Å²) in [6.45, 7) is 2.28. The Labute approximate surface area is 145 Å². The molecule has 1 aliphatic heterocycles. The van der Waals surface area contributed by atoms with Crippen LogP contribution in [0.15, 0.2) is 30.3 Å². The lowest BCUT2D eigenvalue weighted by Gasteiger charge is -2.10. The van der Waals surface area contributed by atoms with E-state index >= 15 is 0 Å². The number of hydrogen-bond acceptors (Lipinski definition) is 5. The van der Waals surface area contributed by atoms with E-state index in [1.807, 2.05) is 6.92 Å². The lowest BCUT2D eigenvalue weighted by Crippen LogP contribution is -2.03. The van der Waals surface area contributed by atoms with Crippen LogP contribution in [0.3, 0.4) is 0 Å². The molecule has 1 heterocycles. The Kier molecular flexibility index (Phi) is 4.52. The predicted octanol–water partition coefficient (Wildman–Crippen LogP) is 3.30. The van der Waals surface area contributed by atoms with Gasteiger partial charge in [0.05, 0.1) is 26.5 Å². The normalized spacial score (nSPS) is 14.2. The van der Waals surface area contributed by atoms with Crippen molar-refractivity contribution in [2.24, 2.45) is 0 Å². The highest BCUT2D eigenvalue weighted by atomic mass is 16.5. The summed E-state index contributed by atoms with van der Waals surface area (Å²) < 4.78 is 16.0. The van der Waals surface area contributed by atoms with Gasteiger partial charge in [-0.05, 0) is 25.1 Å². The first-order valence-electron chi connectivity index (χ1n) is 7.83. The zero-order valence-corrected chi connectivity index (χ0v) is 14.3. The Balaban J connectivity index is 2.10. The fraction of sp³-hybridized carbons (Fsp3) is 0.211. The van der Waals surface area contributed by atoms with Crippen molar-refractivity contribution in [1.29, 1.82) is 0 Å². The first kappa shape index (κ1) is 16.7. The number of ether oxygens (including phenoxy) is 3. The minimum absolute atomic E-state index is 0.00132. The summed E-state index contributed by atoms with van der Waals surface area (Å²) in [6, 6.07) is 8.61. The summed E-state index contributed by atoms with van der Waals surface area (Å²) in [5.74, 6) is 1.17. The van der Waals surface area contributed by atoms with E-state index in [-0.39, 0.29) is 11.7 Å². The Morgan fingerprint density at radius 2 is 1.84 bits per heavy atom. The summed E-state index contributed by atoms with van der Waals surface area (Å²) in [5, 5.41) is 13.1. The molecule has 130 valence electrons. The molecule has 0 fully saturated rings. The van der Waals surface area contributed by atoms with E-state index < -0.39 is 0 Å². The fourth-order valence-electron chi connectivity index (χ4n) is 2.74. The molecule has 0 saturated heterocycles. The summed E-state index contributed by atoms with van der Waals surface area (Å²) in [7, 11) is 3.07. The fourth-order valence-corrected chi connectivity index (χ4v) is 2.74. The molecule has 2 aromatic carbocycles. The van der Waals surface area contributed by atoms with Gasteiger partial charge in [-0.2, -0.15) is 0 Å². The molecular formula is C19H19NO5. The summed E-state index contributed by atoms with van der Waals surface area (Å²) in [4.78, 5) is 12.4. The largest absolute Gasteiger partial charge is 0.504 e. The molecule has 0 atom stereocenters. The van der Waals surface area contributed by atoms with E-state index in [0.717, 1.165) is 0 Å². The molecule has 6 nitrogen and oxygen atoms in total. The number of phenols is 1. The minimum Gasteiger partial charge on any atom is -0.504 e. The molecular weight excluding hydrogens is 322 g/mol. The van der Waals surface area contributed by atoms with Crippen LogP contribution in [-0.2, 0) is 4.79 Å². The highest BCUT2D eigenvalue weighted by Gasteiger charge is 2.27. The number of rotatable bonds is 5. The number of amides is 1. The third kappa shape index (κ3) is 2.98. The topological polar surface area (TPSA) is 77.0 Å². The molecule has 0 aliphatic carbocycles. The van der Waals surface area contributed by atoms with Crippen molar-refractivity contribution in [2.75, 3.05) is 26.1 Å². The van der Waals surface area contributed by atoms with E-state index in [0.29, 0.717) is 46.2 Å². The van der Waals surface area contributed by atoms with Crippen LogP contribution < -0.4 is 19.5 Å².